The molecule has 2 aromatic rings. The molecule has 82 valence electrons. The van der Waals surface area contributed by atoms with Gasteiger partial charge in [0.05, 0.1) is 11.9 Å². The van der Waals surface area contributed by atoms with E-state index in [-0.39, 0.29) is 0 Å². The Morgan fingerprint density at radius 1 is 1.19 bits per heavy atom. The van der Waals surface area contributed by atoms with E-state index in [1.165, 1.54) is 0 Å². The Morgan fingerprint density at radius 2 is 2.00 bits per heavy atom. The van der Waals surface area contributed by atoms with Gasteiger partial charge in [-0.05, 0) is 37.3 Å². The van der Waals surface area contributed by atoms with E-state index in [9.17, 15) is 0 Å². The van der Waals surface area contributed by atoms with Crippen molar-refractivity contribution >= 4 is 23.0 Å². The molecule has 0 aliphatic heterocycles. The highest BCUT2D eigenvalue weighted by Gasteiger charge is 2.06. The first kappa shape index (κ1) is 11.0. The van der Waals surface area contributed by atoms with Gasteiger partial charge >= 0.3 is 0 Å². The van der Waals surface area contributed by atoms with E-state index in [0.717, 1.165) is 22.9 Å². The highest BCUT2D eigenvalue weighted by atomic mass is 35.5. The van der Waals surface area contributed by atoms with Crippen LogP contribution in [0.15, 0.2) is 48.8 Å². The van der Waals surface area contributed by atoms with E-state index in [0.29, 0.717) is 0 Å². The fraction of sp³-hybridized carbons (Fsp3) is 0.154. The van der Waals surface area contributed by atoms with Crippen LogP contribution >= 0.6 is 11.6 Å². The molecule has 0 fully saturated rings. The molecule has 0 spiro atoms. The van der Waals surface area contributed by atoms with Crippen LogP contribution < -0.4 is 4.90 Å². The first-order chi connectivity index (χ1) is 7.81. The molecule has 0 atom stereocenters. The van der Waals surface area contributed by atoms with Crippen LogP contribution in [0.5, 0.6) is 0 Å². The second kappa shape index (κ2) is 4.99. The number of hydrogen-bond acceptors (Lipinski definition) is 2. The van der Waals surface area contributed by atoms with Crippen LogP contribution in [0.25, 0.3) is 0 Å². The lowest BCUT2D eigenvalue weighted by atomic mass is 10.2. The summed E-state index contributed by atoms with van der Waals surface area (Å²) < 4.78 is 0. The lowest BCUT2D eigenvalue weighted by molar-refractivity contribution is 1.02. The van der Waals surface area contributed by atoms with Crippen LogP contribution in [0.3, 0.4) is 0 Å². The fourth-order valence-corrected chi connectivity index (χ4v) is 1.86. The molecule has 3 heteroatoms. The summed E-state index contributed by atoms with van der Waals surface area (Å²) >= 11 is 5.99. The molecule has 0 N–H and O–H groups in total. The highest BCUT2D eigenvalue weighted by molar-refractivity contribution is 6.30. The Morgan fingerprint density at radius 3 is 2.62 bits per heavy atom. The van der Waals surface area contributed by atoms with Crippen molar-refractivity contribution in [1.29, 1.82) is 0 Å². The maximum atomic E-state index is 5.99. The second-order valence-electron chi connectivity index (χ2n) is 3.44. The van der Waals surface area contributed by atoms with Crippen molar-refractivity contribution in [2.45, 2.75) is 6.92 Å². The van der Waals surface area contributed by atoms with Gasteiger partial charge in [-0.25, -0.2) is 0 Å². The lowest BCUT2D eigenvalue weighted by Crippen LogP contribution is -2.15. The van der Waals surface area contributed by atoms with E-state index < -0.39 is 0 Å². The molecular weight excluding hydrogens is 220 g/mol. The van der Waals surface area contributed by atoms with Crippen LogP contribution in [0.1, 0.15) is 6.92 Å². The van der Waals surface area contributed by atoms with Gasteiger partial charge in [-0.3, -0.25) is 4.98 Å². The third-order valence-corrected chi connectivity index (χ3v) is 2.63. The number of anilines is 2. The summed E-state index contributed by atoms with van der Waals surface area (Å²) in [6, 6.07) is 11.8. The summed E-state index contributed by atoms with van der Waals surface area (Å²) in [5.41, 5.74) is 2.16. The summed E-state index contributed by atoms with van der Waals surface area (Å²) in [7, 11) is 0. The van der Waals surface area contributed by atoms with Crippen molar-refractivity contribution in [2.24, 2.45) is 0 Å². The van der Waals surface area contributed by atoms with Gasteiger partial charge in [-0.2, -0.15) is 0 Å². The van der Waals surface area contributed by atoms with Gasteiger partial charge in [0.1, 0.15) is 0 Å². The van der Waals surface area contributed by atoms with Crippen LogP contribution in [0, 0.1) is 0 Å². The number of pyridine rings is 1. The highest BCUT2D eigenvalue weighted by Crippen LogP contribution is 2.26. The Balaban J connectivity index is 2.37. The Hall–Kier alpha value is -1.54. The quantitative estimate of drug-likeness (QED) is 0.798. The zero-order valence-electron chi connectivity index (χ0n) is 9.10. The fourth-order valence-electron chi connectivity index (χ4n) is 1.67. The topological polar surface area (TPSA) is 16.1 Å². The first-order valence-electron chi connectivity index (χ1n) is 5.24. The molecule has 0 aliphatic rings. The van der Waals surface area contributed by atoms with Crippen LogP contribution in [-0.2, 0) is 0 Å². The molecule has 1 aromatic carbocycles. The molecule has 0 saturated heterocycles. The smallest absolute Gasteiger partial charge is 0.0597 e. The first-order valence-corrected chi connectivity index (χ1v) is 5.62. The van der Waals surface area contributed by atoms with E-state index >= 15 is 0 Å². The SMILES string of the molecule is CCN(c1cccnc1)c1cccc(Cl)c1. The average molecular weight is 233 g/mol. The minimum Gasteiger partial charge on any atom is -0.340 e. The Bertz CT molecular complexity index is 456. The minimum absolute atomic E-state index is 0.750. The van der Waals surface area contributed by atoms with Crippen molar-refractivity contribution in [2.75, 3.05) is 11.4 Å². The largest absolute Gasteiger partial charge is 0.340 e. The van der Waals surface area contributed by atoms with Gasteiger partial charge < -0.3 is 4.90 Å². The van der Waals surface area contributed by atoms with Crippen molar-refractivity contribution in [1.82, 2.24) is 4.98 Å². The minimum atomic E-state index is 0.750. The van der Waals surface area contributed by atoms with Gasteiger partial charge in [-0.15, -0.1) is 0 Å². The number of aromatic nitrogens is 1. The van der Waals surface area contributed by atoms with Crippen molar-refractivity contribution in [3.05, 3.63) is 53.8 Å². The number of halogens is 1. The normalized spacial score (nSPS) is 10.1. The number of hydrogen-bond donors (Lipinski definition) is 0. The predicted octanol–water partition coefficient (Wildman–Crippen LogP) is 3.89. The number of nitrogens with zero attached hydrogens (tertiary/aromatic N) is 2. The molecule has 0 radical (unpaired) electrons. The molecule has 1 aromatic heterocycles. The summed E-state index contributed by atoms with van der Waals surface area (Å²) in [4.78, 5) is 6.29. The second-order valence-corrected chi connectivity index (χ2v) is 3.87. The number of benzene rings is 1. The summed E-state index contributed by atoms with van der Waals surface area (Å²) in [6.07, 6.45) is 3.62. The van der Waals surface area contributed by atoms with E-state index in [4.69, 9.17) is 11.6 Å². The molecule has 0 bridgehead atoms. The van der Waals surface area contributed by atoms with Crippen molar-refractivity contribution in [3.8, 4) is 0 Å². The molecule has 1 heterocycles. The zero-order valence-corrected chi connectivity index (χ0v) is 9.85. The monoisotopic (exact) mass is 232 g/mol. The molecule has 0 unspecified atom stereocenters. The molecule has 16 heavy (non-hydrogen) atoms. The van der Waals surface area contributed by atoms with E-state index in [1.54, 1.807) is 6.20 Å². The maximum absolute atomic E-state index is 5.99. The summed E-state index contributed by atoms with van der Waals surface area (Å²) in [6.45, 7) is 2.99. The third-order valence-electron chi connectivity index (χ3n) is 2.39. The van der Waals surface area contributed by atoms with Crippen LogP contribution in [0.2, 0.25) is 5.02 Å². The average Bonchev–Trinajstić information content (AvgIpc) is 2.31. The molecule has 0 saturated carbocycles. The zero-order chi connectivity index (χ0) is 11.4. The van der Waals surface area contributed by atoms with E-state index in [2.05, 4.69) is 16.8 Å². The maximum Gasteiger partial charge on any atom is 0.0597 e. The summed E-state index contributed by atoms with van der Waals surface area (Å²) in [5.74, 6) is 0. The lowest BCUT2D eigenvalue weighted by Gasteiger charge is -2.22. The van der Waals surface area contributed by atoms with Crippen molar-refractivity contribution < 1.29 is 0 Å². The van der Waals surface area contributed by atoms with Gasteiger partial charge in [0.25, 0.3) is 0 Å². The van der Waals surface area contributed by atoms with Gasteiger partial charge in [0, 0.05) is 23.5 Å². The third kappa shape index (κ3) is 2.34. The molecular formula is C13H13ClN2. The predicted molar refractivity (Wildman–Crippen MR) is 68.4 cm³/mol. The number of rotatable bonds is 3. The van der Waals surface area contributed by atoms with Crippen LogP contribution in [-0.4, -0.2) is 11.5 Å². The molecule has 0 aliphatic carbocycles. The van der Waals surface area contributed by atoms with Gasteiger partial charge in [0.2, 0.25) is 0 Å². The summed E-state index contributed by atoms with van der Waals surface area (Å²) in [5, 5.41) is 0.750. The van der Waals surface area contributed by atoms with Crippen LogP contribution in [0.4, 0.5) is 11.4 Å². The Labute approximate surface area is 101 Å². The molecule has 0 amide bonds. The standard InChI is InChI=1S/C13H13ClN2/c1-2-16(13-7-4-8-15-10-13)12-6-3-5-11(14)9-12/h3-10H,2H2,1H3. The van der Waals surface area contributed by atoms with Crippen molar-refractivity contribution in [3.63, 3.8) is 0 Å². The van der Waals surface area contributed by atoms with Gasteiger partial charge in [0.15, 0.2) is 0 Å². The molecule has 2 rings (SSSR count). The Kier molecular flexibility index (Phi) is 3.42. The van der Waals surface area contributed by atoms with Gasteiger partial charge in [-0.1, -0.05) is 17.7 Å². The molecule has 2 nitrogen and oxygen atoms in total. The van der Waals surface area contributed by atoms with E-state index in [1.807, 2.05) is 42.6 Å².